The number of aryl methyl sites for hydroxylation is 2. The standard InChI is InChI=1S/C12H14N2.2ClH.4H2O/c1-13-7-3-11(4-8-13)12-5-9-14(2)10-6-12;;;;;;/h3-10H,1-2H3;2*1H;4*1H2/q+2;;;;;;/p-2. The van der Waals surface area contributed by atoms with Crippen molar-refractivity contribution in [1.29, 1.82) is 0 Å². The lowest BCUT2D eigenvalue weighted by Crippen LogP contribution is -3.00. The van der Waals surface area contributed by atoms with Gasteiger partial charge in [-0.2, -0.15) is 0 Å². The van der Waals surface area contributed by atoms with Crippen LogP contribution in [0.25, 0.3) is 11.1 Å². The minimum Gasteiger partial charge on any atom is -1.00 e. The summed E-state index contributed by atoms with van der Waals surface area (Å²) in [5.74, 6) is 0. The third kappa shape index (κ3) is 8.00. The Morgan fingerprint density at radius 2 is 0.750 bits per heavy atom. The summed E-state index contributed by atoms with van der Waals surface area (Å²) in [7, 11) is 4.05. The second kappa shape index (κ2) is 14.1. The number of hydrogen-bond donors (Lipinski definition) is 0. The molecule has 8 N–H and O–H groups in total. The van der Waals surface area contributed by atoms with Gasteiger partial charge in [-0.15, -0.1) is 0 Å². The first kappa shape index (κ1) is 31.2. The molecule has 0 radical (unpaired) electrons. The molecule has 20 heavy (non-hydrogen) atoms. The second-order valence-corrected chi connectivity index (χ2v) is 3.50. The van der Waals surface area contributed by atoms with E-state index in [1.807, 2.05) is 23.2 Å². The molecule has 2 heterocycles. The van der Waals surface area contributed by atoms with Crippen molar-refractivity contribution >= 4 is 0 Å². The fraction of sp³-hybridized carbons (Fsp3) is 0.167. The minimum atomic E-state index is 0. The van der Waals surface area contributed by atoms with E-state index in [2.05, 4.69) is 49.1 Å². The highest BCUT2D eigenvalue weighted by Gasteiger charge is 2.00. The predicted octanol–water partition coefficient (Wildman–Crippen LogP) is -8.29. The molecular formula is C12H22Cl2N2O4. The molecule has 0 amide bonds. The molecule has 0 aliphatic rings. The maximum atomic E-state index is 2.12. The maximum absolute atomic E-state index is 2.12. The molecule has 0 bridgehead atoms. The monoisotopic (exact) mass is 328 g/mol. The predicted molar refractivity (Wildman–Crippen MR) is 68.7 cm³/mol. The second-order valence-electron chi connectivity index (χ2n) is 3.50. The first-order valence-electron chi connectivity index (χ1n) is 4.67. The van der Waals surface area contributed by atoms with Gasteiger partial charge in [0.2, 0.25) is 0 Å². The van der Waals surface area contributed by atoms with Crippen LogP contribution in [-0.2, 0) is 14.1 Å². The van der Waals surface area contributed by atoms with Crippen molar-refractivity contribution in [2.45, 2.75) is 0 Å². The summed E-state index contributed by atoms with van der Waals surface area (Å²) in [5.41, 5.74) is 2.51. The van der Waals surface area contributed by atoms with E-state index in [0.29, 0.717) is 0 Å². The highest BCUT2D eigenvalue weighted by molar-refractivity contribution is 5.60. The minimum absolute atomic E-state index is 0. The first-order valence-corrected chi connectivity index (χ1v) is 4.67. The summed E-state index contributed by atoms with van der Waals surface area (Å²) in [5, 5.41) is 0. The van der Waals surface area contributed by atoms with Crippen LogP contribution in [0.15, 0.2) is 49.1 Å². The third-order valence-electron chi connectivity index (χ3n) is 2.29. The largest absolute Gasteiger partial charge is 1.00 e. The Hall–Kier alpha value is -1.28. The summed E-state index contributed by atoms with van der Waals surface area (Å²) in [4.78, 5) is 0. The van der Waals surface area contributed by atoms with Crippen LogP contribution < -0.4 is 33.9 Å². The number of pyridine rings is 2. The van der Waals surface area contributed by atoms with Crippen molar-refractivity contribution < 1.29 is 55.9 Å². The molecule has 0 saturated carbocycles. The number of halogens is 2. The molecule has 0 atom stereocenters. The molecule has 8 heteroatoms. The Bertz CT molecular complexity index is 395. The van der Waals surface area contributed by atoms with Crippen molar-refractivity contribution in [1.82, 2.24) is 0 Å². The van der Waals surface area contributed by atoms with E-state index < -0.39 is 0 Å². The number of aromatic nitrogens is 2. The van der Waals surface area contributed by atoms with Crippen molar-refractivity contribution in [2.75, 3.05) is 0 Å². The van der Waals surface area contributed by atoms with Gasteiger partial charge in [0.25, 0.3) is 0 Å². The molecule has 0 spiro atoms. The summed E-state index contributed by atoms with van der Waals surface area (Å²) < 4.78 is 4.07. The molecule has 0 aliphatic carbocycles. The van der Waals surface area contributed by atoms with Gasteiger partial charge in [-0.05, 0) is 11.1 Å². The van der Waals surface area contributed by atoms with Crippen LogP contribution >= 0.6 is 0 Å². The molecule has 2 aromatic rings. The average molecular weight is 329 g/mol. The lowest BCUT2D eigenvalue weighted by atomic mass is 10.1. The van der Waals surface area contributed by atoms with E-state index in [9.17, 15) is 0 Å². The van der Waals surface area contributed by atoms with Crippen molar-refractivity contribution in [3.8, 4) is 11.1 Å². The van der Waals surface area contributed by atoms with Crippen molar-refractivity contribution in [3.63, 3.8) is 0 Å². The zero-order valence-electron chi connectivity index (χ0n) is 11.3. The Morgan fingerprint density at radius 1 is 0.550 bits per heavy atom. The van der Waals surface area contributed by atoms with E-state index >= 15 is 0 Å². The summed E-state index contributed by atoms with van der Waals surface area (Å²) in [6.45, 7) is 0. The van der Waals surface area contributed by atoms with E-state index in [4.69, 9.17) is 0 Å². The van der Waals surface area contributed by atoms with Gasteiger partial charge in [0.05, 0.1) is 0 Å². The molecule has 0 saturated heterocycles. The van der Waals surface area contributed by atoms with E-state index in [1.165, 1.54) is 11.1 Å². The van der Waals surface area contributed by atoms with Gasteiger partial charge in [-0.3, -0.25) is 0 Å². The summed E-state index contributed by atoms with van der Waals surface area (Å²) >= 11 is 0. The fourth-order valence-corrected chi connectivity index (χ4v) is 1.39. The molecular weight excluding hydrogens is 307 g/mol. The van der Waals surface area contributed by atoms with E-state index in [0.717, 1.165) is 0 Å². The molecule has 0 aromatic carbocycles. The summed E-state index contributed by atoms with van der Waals surface area (Å²) in [6.07, 6.45) is 8.23. The van der Waals surface area contributed by atoms with Gasteiger partial charge in [0.15, 0.2) is 24.8 Å². The van der Waals surface area contributed by atoms with Gasteiger partial charge in [0, 0.05) is 24.3 Å². The van der Waals surface area contributed by atoms with E-state index in [-0.39, 0.29) is 46.7 Å². The Kier molecular flexibility index (Phi) is 22.1. The molecule has 0 unspecified atom stereocenters. The third-order valence-corrected chi connectivity index (χ3v) is 2.29. The van der Waals surface area contributed by atoms with Crippen molar-refractivity contribution in [2.24, 2.45) is 14.1 Å². The van der Waals surface area contributed by atoms with Crippen LogP contribution in [0.1, 0.15) is 0 Å². The Labute approximate surface area is 130 Å². The molecule has 2 rings (SSSR count). The average Bonchev–Trinajstić information content (AvgIpc) is 2.21. The summed E-state index contributed by atoms with van der Waals surface area (Å²) in [6, 6.07) is 8.48. The molecule has 0 aliphatic heterocycles. The Balaban J connectivity index is -0.000000125. The molecule has 0 fully saturated rings. The van der Waals surface area contributed by atoms with Crippen LogP contribution in [0.5, 0.6) is 0 Å². The normalized spacial score (nSPS) is 7.10. The molecule has 2 aromatic heterocycles. The van der Waals surface area contributed by atoms with Gasteiger partial charge in [-0.1, -0.05) is 0 Å². The SMILES string of the molecule is C[n+]1ccc(-c2cc[n+](C)cc2)cc1.O.O.O.O.[Cl-].[Cl-]. The maximum Gasteiger partial charge on any atom is 0.169 e. The van der Waals surface area contributed by atoms with Crippen LogP contribution in [-0.4, -0.2) is 21.9 Å². The van der Waals surface area contributed by atoms with Gasteiger partial charge in [0.1, 0.15) is 14.1 Å². The van der Waals surface area contributed by atoms with E-state index in [1.54, 1.807) is 0 Å². The van der Waals surface area contributed by atoms with Gasteiger partial charge < -0.3 is 46.7 Å². The number of rotatable bonds is 1. The quantitative estimate of drug-likeness (QED) is 0.460. The van der Waals surface area contributed by atoms with Gasteiger partial charge >= 0.3 is 0 Å². The molecule has 118 valence electrons. The van der Waals surface area contributed by atoms with Crippen LogP contribution in [0, 0.1) is 0 Å². The lowest BCUT2D eigenvalue weighted by molar-refractivity contribution is -0.671. The zero-order chi connectivity index (χ0) is 9.97. The molecule has 6 nitrogen and oxygen atoms in total. The highest BCUT2D eigenvalue weighted by Crippen LogP contribution is 2.14. The van der Waals surface area contributed by atoms with Crippen LogP contribution in [0.3, 0.4) is 0 Å². The zero-order valence-corrected chi connectivity index (χ0v) is 12.8. The van der Waals surface area contributed by atoms with Crippen LogP contribution in [0.2, 0.25) is 0 Å². The smallest absolute Gasteiger partial charge is 0.169 e. The fourth-order valence-electron chi connectivity index (χ4n) is 1.39. The lowest BCUT2D eigenvalue weighted by Gasteiger charge is -1.97. The highest BCUT2D eigenvalue weighted by atomic mass is 35.5. The van der Waals surface area contributed by atoms with Crippen molar-refractivity contribution in [3.05, 3.63) is 49.1 Å². The first-order chi connectivity index (χ1) is 6.75. The Morgan fingerprint density at radius 3 is 0.950 bits per heavy atom. The topological polar surface area (TPSA) is 134 Å². The van der Waals surface area contributed by atoms with Crippen LogP contribution in [0.4, 0.5) is 0 Å². The number of hydrogen-bond acceptors (Lipinski definition) is 0. The van der Waals surface area contributed by atoms with Gasteiger partial charge in [-0.25, -0.2) is 9.13 Å². The number of nitrogens with zero attached hydrogens (tertiary/aromatic N) is 2.